The Morgan fingerprint density at radius 2 is 2.36 bits per heavy atom. The first kappa shape index (κ1) is 6.27. The van der Waals surface area contributed by atoms with Gasteiger partial charge in [-0.05, 0) is 12.2 Å². The van der Waals surface area contributed by atoms with Crippen LogP contribution in [0, 0.1) is 0 Å². The van der Waals surface area contributed by atoms with E-state index in [-0.39, 0.29) is 6.17 Å². The van der Waals surface area contributed by atoms with Crippen molar-refractivity contribution in [3.8, 4) is 0 Å². The number of hydrogen-bond donors (Lipinski definition) is 1. The summed E-state index contributed by atoms with van der Waals surface area (Å²) in [6.07, 6.45) is 8.08. The van der Waals surface area contributed by atoms with Gasteiger partial charge in [-0.25, -0.2) is 0 Å². The molecule has 0 fully saturated rings. The van der Waals surface area contributed by atoms with Gasteiger partial charge >= 0.3 is 0 Å². The zero-order valence-electron chi connectivity index (χ0n) is 6.31. The Kier molecular flexibility index (Phi) is 1.15. The van der Waals surface area contributed by atoms with E-state index in [4.69, 9.17) is 5.73 Å². The van der Waals surface area contributed by atoms with Crippen molar-refractivity contribution in [3.05, 3.63) is 24.4 Å². The average Bonchev–Trinajstić information content (AvgIpc) is 2.30. The smallest absolute Gasteiger partial charge is 0.220 e. The average molecular weight is 150 g/mol. The van der Waals surface area contributed by atoms with E-state index >= 15 is 0 Å². The molecule has 0 aromatic carbocycles. The first-order chi connectivity index (χ1) is 5.29. The van der Waals surface area contributed by atoms with Crippen molar-refractivity contribution in [2.24, 2.45) is 10.8 Å². The van der Waals surface area contributed by atoms with Gasteiger partial charge in [0.05, 0.1) is 0 Å². The lowest BCUT2D eigenvalue weighted by Gasteiger charge is -2.24. The molecule has 0 aromatic rings. The number of fused-ring (bicyclic) bond motifs is 1. The Hall–Kier alpha value is -1.45. The van der Waals surface area contributed by atoms with Crippen LogP contribution >= 0.6 is 0 Å². The van der Waals surface area contributed by atoms with Gasteiger partial charge in [-0.2, -0.15) is 0 Å². The van der Waals surface area contributed by atoms with Crippen LogP contribution in [0.15, 0.2) is 29.5 Å². The van der Waals surface area contributed by atoms with E-state index in [9.17, 15) is 0 Å². The summed E-state index contributed by atoms with van der Waals surface area (Å²) in [6, 6.07) is 0. The van der Waals surface area contributed by atoms with Crippen molar-refractivity contribution in [1.82, 2.24) is 9.91 Å². The third-order valence-electron chi connectivity index (χ3n) is 1.83. The standard InChI is InChI=1S/C7H10N4/c1-10-6-4-2-3-5-11(6)7(8)9-10/h2-6H,1H3,(H2,8,9)/t6-/m0/s1. The highest BCUT2D eigenvalue weighted by molar-refractivity contribution is 5.81. The first-order valence-electron chi connectivity index (χ1n) is 3.49. The van der Waals surface area contributed by atoms with E-state index in [1.807, 2.05) is 41.4 Å². The highest BCUT2D eigenvalue weighted by Crippen LogP contribution is 2.16. The van der Waals surface area contributed by atoms with Crippen molar-refractivity contribution in [3.63, 3.8) is 0 Å². The molecule has 11 heavy (non-hydrogen) atoms. The predicted molar refractivity (Wildman–Crippen MR) is 43.3 cm³/mol. The molecular weight excluding hydrogens is 140 g/mol. The van der Waals surface area contributed by atoms with Gasteiger partial charge in [0, 0.05) is 13.2 Å². The second-order valence-corrected chi connectivity index (χ2v) is 2.58. The molecule has 2 rings (SSSR count). The van der Waals surface area contributed by atoms with E-state index in [0.717, 1.165) is 0 Å². The molecule has 0 aliphatic carbocycles. The summed E-state index contributed by atoms with van der Waals surface area (Å²) in [5.41, 5.74) is 5.63. The maximum Gasteiger partial charge on any atom is 0.220 e. The summed E-state index contributed by atoms with van der Waals surface area (Å²) in [7, 11) is 1.90. The number of hydrogen-bond acceptors (Lipinski definition) is 4. The topological polar surface area (TPSA) is 44.9 Å². The molecule has 0 amide bonds. The molecule has 0 saturated carbocycles. The summed E-state index contributed by atoms with van der Waals surface area (Å²) in [5.74, 6) is 0.554. The van der Waals surface area contributed by atoms with Crippen molar-refractivity contribution < 1.29 is 0 Å². The summed E-state index contributed by atoms with van der Waals surface area (Å²) in [6.45, 7) is 0. The molecule has 2 aliphatic heterocycles. The molecule has 0 unspecified atom stereocenters. The van der Waals surface area contributed by atoms with Crippen LogP contribution in [-0.4, -0.2) is 29.1 Å². The fourth-order valence-corrected chi connectivity index (χ4v) is 1.28. The lowest BCUT2D eigenvalue weighted by Crippen LogP contribution is -2.39. The van der Waals surface area contributed by atoms with Gasteiger partial charge in [0.15, 0.2) is 0 Å². The molecule has 1 atom stereocenters. The quantitative estimate of drug-likeness (QED) is 0.523. The lowest BCUT2D eigenvalue weighted by molar-refractivity contribution is 0.239. The Morgan fingerprint density at radius 1 is 1.55 bits per heavy atom. The number of nitrogens with two attached hydrogens (primary N) is 1. The Labute approximate surface area is 65.3 Å². The number of guanidine groups is 1. The van der Waals surface area contributed by atoms with Crippen LogP contribution in [-0.2, 0) is 0 Å². The summed E-state index contributed by atoms with van der Waals surface area (Å²) < 4.78 is 0. The first-order valence-corrected chi connectivity index (χ1v) is 3.49. The molecule has 2 N–H and O–H groups in total. The summed E-state index contributed by atoms with van der Waals surface area (Å²) in [4.78, 5) is 1.92. The molecular formula is C7H10N4. The van der Waals surface area contributed by atoms with Gasteiger partial charge in [0.1, 0.15) is 6.17 Å². The zero-order chi connectivity index (χ0) is 7.84. The van der Waals surface area contributed by atoms with Crippen molar-refractivity contribution in [1.29, 1.82) is 0 Å². The number of nitrogens with zero attached hydrogens (tertiary/aromatic N) is 3. The van der Waals surface area contributed by atoms with E-state index < -0.39 is 0 Å². The Bertz CT molecular complexity index is 253. The molecule has 58 valence electrons. The monoisotopic (exact) mass is 150 g/mol. The van der Waals surface area contributed by atoms with Crippen LogP contribution in [0.3, 0.4) is 0 Å². The van der Waals surface area contributed by atoms with E-state index in [1.165, 1.54) is 0 Å². The summed E-state index contributed by atoms with van der Waals surface area (Å²) >= 11 is 0. The van der Waals surface area contributed by atoms with Crippen molar-refractivity contribution >= 4 is 5.96 Å². The minimum absolute atomic E-state index is 0.181. The molecule has 0 bridgehead atoms. The third kappa shape index (κ3) is 0.790. The number of allylic oxidation sites excluding steroid dienone is 2. The number of rotatable bonds is 0. The lowest BCUT2D eigenvalue weighted by atomic mass is 10.3. The highest BCUT2D eigenvalue weighted by Gasteiger charge is 2.27. The minimum Gasteiger partial charge on any atom is -0.368 e. The molecule has 4 heteroatoms. The van der Waals surface area contributed by atoms with Crippen LogP contribution in [0.1, 0.15) is 0 Å². The zero-order valence-corrected chi connectivity index (χ0v) is 6.31. The molecule has 2 heterocycles. The Balaban J connectivity index is 2.31. The second-order valence-electron chi connectivity index (χ2n) is 2.58. The van der Waals surface area contributed by atoms with Crippen LogP contribution < -0.4 is 5.73 Å². The predicted octanol–water partition coefficient (Wildman–Crippen LogP) is -0.127. The number of hydrazone groups is 1. The maximum absolute atomic E-state index is 5.63. The molecule has 0 aromatic heterocycles. The minimum atomic E-state index is 0.181. The van der Waals surface area contributed by atoms with E-state index in [2.05, 4.69) is 5.10 Å². The van der Waals surface area contributed by atoms with Crippen molar-refractivity contribution in [2.75, 3.05) is 7.05 Å². The highest BCUT2D eigenvalue weighted by atomic mass is 15.6. The van der Waals surface area contributed by atoms with Gasteiger partial charge in [-0.1, -0.05) is 6.08 Å². The van der Waals surface area contributed by atoms with Gasteiger partial charge in [-0.3, -0.25) is 9.91 Å². The molecule has 0 radical (unpaired) electrons. The molecule has 0 spiro atoms. The van der Waals surface area contributed by atoms with Crippen LogP contribution in [0.2, 0.25) is 0 Å². The summed E-state index contributed by atoms with van der Waals surface area (Å²) in [5, 5.41) is 5.91. The largest absolute Gasteiger partial charge is 0.368 e. The fraction of sp³-hybridized carbons (Fsp3) is 0.286. The van der Waals surface area contributed by atoms with Crippen molar-refractivity contribution in [2.45, 2.75) is 6.17 Å². The van der Waals surface area contributed by atoms with E-state index in [1.54, 1.807) is 0 Å². The maximum atomic E-state index is 5.63. The van der Waals surface area contributed by atoms with Crippen LogP contribution in [0.4, 0.5) is 0 Å². The van der Waals surface area contributed by atoms with Crippen LogP contribution in [0.5, 0.6) is 0 Å². The van der Waals surface area contributed by atoms with Gasteiger partial charge in [0.25, 0.3) is 0 Å². The molecule has 0 saturated heterocycles. The third-order valence-corrected chi connectivity index (χ3v) is 1.83. The normalized spacial score (nSPS) is 27.4. The van der Waals surface area contributed by atoms with Gasteiger partial charge in [0.2, 0.25) is 5.96 Å². The van der Waals surface area contributed by atoms with Gasteiger partial charge < -0.3 is 5.73 Å². The van der Waals surface area contributed by atoms with Crippen LogP contribution in [0.25, 0.3) is 0 Å². The SMILES string of the molecule is CN1N=C(N)N2C=CC=C[C@@H]12. The fourth-order valence-electron chi connectivity index (χ4n) is 1.28. The second kappa shape index (κ2) is 2.02. The van der Waals surface area contributed by atoms with E-state index in [0.29, 0.717) is 5.96 Å². The number of likely N-dealkylation sites (N-methyl/N-ethyl adjacent to an activating group) is 1. The Morgan fingerprint density at radius 3 is 3.09 bits per heavy atom. The molecule has 4 nitrogen and oxygen atoms in total. The van der Waals surface area contributed by atoms with Gasteiger partial charge in [-0.15, -0.1) is 5.10 Å². The molecule has 2 aliphatic rings.